The summed E-state index contributed by atoms with van der Waals surface area (Å²) in [5.41, 5.74) is 0.920. The van der Waals surface area contributed by atoms with Crippen LogP contribution in [-0.2, 0) is 23.8 Å². The summed E-state index contributed by atoms with van der Waals surface area (Å²) >= 11 is 0. The number of fused-ring (bicyclic) bond motifs is 1. The highest BCUT2D eigenvalue weighted by atomic mass is 19.1. The summed E-state index contributed by atoms with van der Waals surface area (Å²) < 4.78 is 22.4. The molecule has 1 aromatic carbocycles. The van der Waals surface area contributed by atoms with E-state index in [0.717, 1.165) is 5.56 Å². The number of nitrogens with zero attached hydrogens (tertiary/aromatic N) is 3. The van der Waals surface area contributed by atoms with Crippen LogP contribution in [0.25, 0.3) is 0 Å². The Morgan fingerprint density at radius 3 is 3.00 bits per heavy atom. The largest absolute Gasteiger partial charge is 0.367 e. The van der Waals surface area contributed by atoms with Gasteiger partial charge in [-0.25, -0.2) is 9.18 Å². The molecule has 1 fully saturated rings. The van der Waals surface area contributed by atoms with Crippen LogP contribution in [0.2, 0.25) is 0 Å². The van der Waals surface area contributed by atoms with E-state index in [1.54, 1.807) is 21.8 Å². The van der Waals surface area contributed by atoms with E-state index in [0.29, 0.717) is 43.8 Å². The molecule has 28 heavy (non-hydrogen) atoms. The van der Waals surface area contributed by atoms with Gasteiger partial charge < -0.3 is 20.3 Å². The Balaban J connectivity index is 1.52. The van der Waals surface area contributed by atoms with Crippen molar-refractivity contribution in [3.8, 4) is 0 Å². The quantitative estimate of drug-likeness (QED) is 0.820. The third kappa shape index (κ3) is 3.22. The van der Waals surface area contributed by atoms with Gasteiger partial charge in [0.1, 0.15) is 5.60 Å². The van der Waals surface area contributed by atoms with Crippen molar-refractivity contribution >= 4 is 17.6 Å². The van der Waals surface area contributed by atoms with Crippen molar-refractivity contribution in [1.82, 2.24) is 20.0 Å². The van der Waals surface area contributed by atoms with Crippen molar-refractivity contribution in [2.24, 2.45) is 7.05 Å². The molecular formula is C19H22FN5O3. The average molecular weight is 387 g/mol. The van der Waals surface area contributed by atoms with Crippen molar-refractivity contribution in [3.63, 3.8) is 0 Å². The fourth-order valence-electron chi connectivity index (χ4n) is 3.68. The minimum Gasteiger partial charge on any atom is -0.367 e. The van der Waals surface area contributed by atoms with E-state index in [4.69, 9.17) is 4.74 Å². The lowest BCUT2D eigenvalue weighted by atomic mass is 9.97. The standard InChI is InChI=1S/C19H22FN5O3/c1-19(12-9-22-24(2)10-12)11-25(7-8-28-19)18(27)23-15-4-3-14-13(16(15)20)5-6-21-17(14)26/h3-4,9-10H,5-8,11H2,1-2H3,(H,21,26)(H,23,27). The minimum atomic E-state index is -0.684. The number of anilines is 1. The Hall–Kier alpha value is -2.94. The van der Waals surface area contributed by atoms with Crippen LogP contribution in [0.15, 0.2) is 24.5 Å². The smallest absolute Gasteiger partial charge is 0.322 e. The molecule has 9 heteroatoms. The van der Waals surface area contributed by atoms with Crippen LogP contribution in [-0.4, -0.2) is 52.9 Å². The third-order valence-corrected chi connectivity index (χ3v) is 5.27. The molecule has 2 aromatic rings. The van der Waals surface area contributed by atoms with Gasteiger partial charge in [-0.05, 0) is 25.5 Å². The number of hydrogen-bond donors (Lipinski definition) is 2. The summed E-state index contributed by atoms with van der Waals surface area (Å²) in [6.07, 6.45) is 3.97. The SMILES string of the molecule is Cn1cc(C2(C)CN(C(=O)Nc3ccc4c(c3F)CCNC4=O)CCO2)cn1. The topological polar surface area (TPSA) is 88.5 Å². The van der Waals surface area contributed by atoms with Crippen LogP contribution in [0, 0.1) is 5.82 Å². The first kappa shape index (κ1) is 18.4. The summed E-state index contributed by atoms with van der Waals surface area (Å²) in [5.74, 6) is -0.845. The highest BCUT2D eigenvalue weighted by Gasteiger charge is 2.37. The Bertz CT molecular complexity index is 944. The molecule has 1 aromatic heterocycles. The fourth-order valence-corrected chi connectivity index (χ4v) is 3.68. The summed E-state index contributed by atoms with van der Waals surface area (Å²) in [5, 5.41) is 9.49. The van der Waals surface area contributed by atoms with E-state index in [1.165, 1.54) is 6.07 Å². The maximum Gasteiger partial charge on any atom is 0.322 e. The molecule has 0 bridgehead atoms. The molecule has 4 rings (SSSR count). The molecule has 0 radical (unpaired) electrons. The van der Waals surface area contributed by atoms with Gasteiger partial charge in [0.25, 0.3) is 5.91 Å². The molecular weight excluding hydrogens is 365 g/mol. The van der Waals surface area contributed by atoms with Crippen LogP contribution in [0.5, 0.6) is 0 Å². The van der Waals surface area contributed by atoms with Gasteiger partial charge in [-0.3, -0.25) is 9.48 Å². The molecule has 0 spiro atoms. The van der Waals surface area contributed by atoms with Crippen LogP contribution >= 0.6 is 0 Å². The van der Waals surface area contributed by atoms with E-state index in [2.05, 4.69) is 15.7 Å². The van der Waals surface area contributed by atoms with E-state index in [9.17, 15) is 14.0 Å². The molecule has 1 unspecified atom stereocenters. The van der Waals surface area contributed by atoms with Gasteiger partial charge in [-0.1, -0.05) is 0 Å². The zero-order valence-electron chi connectivity index (χ0n) is 15.8. The number of benzene rings is 1. The monoisotopic (exact) mass is 387 g/mol. The van der Waals surface area contributed by atoms with Gasteiger partial charge in [0.2, 0.25) is 0 Å². The number of hydrogen-bond acceptors (Lipinski definition) is 4. The number of rotatable bonds is 2. The zero-order valence-corrected chi connectivity index (χ0v) is 15.8. The van der Waals surface area contributed by atoms with Gasteiger partial charge in [-0.15, -0.1) is 0 Å². The first-order valence-corrected chi connectivity index (χ1v) is 9.16. The Kier molecular flexibility index (Phi) is 4.54. The van der Waals surface area contributed by atoms with Crippen LogP contribution in [0.1, 0.15) is 28.4 Å². The average Bonchev–Trinajstić information content (AvgIpc) is 3.12. The van der Waals surface area contributed by atoms with Crippen molar-refractivity contribution < 1.29 is 18.7 Å². The Labute approximate surface area is 161 Å². The summed E-state index contributed by atoms with van der Waals surface area (Å²) in [7, 11) is 1.82. The van der Waals surface area contributed by atoms with Gasteiger partial charge in [-0.2, -0.15) is 5.10 Å². The molecule has 0 saturated carbocycles. The lowest BCUT2D eigenvalue weighted by Gasteiger charge is -2.40. The molecule has 2 aliphatic heterocycles. The molecule has 8 nitrogen and oxygen atoms in total. The number of morpholine rings is 1. The van der Waals surface area contributed by atoms with E-state index in [1.807, 2.05) is 20.2 Å². The van der Waals surface area contributed by atoms with Gasteiger partial charge in [0.15, 0.2) is 5.82 Å². The zero-order chi connectivity index (χ0) is 19.9. The van der Waals surface area contributed by atoms with Crippen molar-refractivity contribution in [2.75, 3.05) is 31.6 Å². The molecule has 0 aliphatic carbocycles. The number of carbonyl (C=O) groups excluding carboxylic acids is 2. The summed E-state index contributed by atoms with van der Waals surface area (Å²) in [6.45, 7) is 3.37. The molecule has 1 atom stereocenters. The van der Waals surface area contributed by atoms with Crippen LogP contribution in [0.4, 0.5) is 14.9 Å². The Morgan fingerprint density at radius 2 is 2.25 bits per heavy atom. The molecule has 3 amide bonds. The summed E-state index contributed by atoms with van der Waals surface area (Å²) in [6, 6.07) is 2.57. The number of ether oxygens (including phenoxy) is 1. The first-order chi connectivity index (χ1) is 13.4. The number of aromatic nitrogens is 2. The molecule has 2 N–H and O–H groups in total. The number of carbonyl (C=O) groups is 2. The highest BCUT2D eigenvalue weighted by molar-refractivity contribution is 5.98. The Morgan fingerprint density at radius 1 is 1.43 bits per heavy atom. The lowest BCUT2D eigenvalue weighted by Crippen LogP contribution is -2.51. The predicted octanol–water partition coefficient (Wildman–Crippen LogP) is 1.62. The van der Waals surface area contributed by atoms with Crippen LogP contribution in [0.3, 0.4) is 0 Å². The van der Waals surface area contributed by atoms with Crippen molar-refractivity contribution in [2.45, 2.75) is 18.9 Å². The van der Waals surface area contributed by atoms with E-state index >= 15 is 0 Å². The minimum absolute atomic E-state index is 0.0769. The van der Waals surface area contributed by atoms with E-state index < -0.39 is 17.4 Å². The second-order valence-electron chi connectivity index (χ2n) is 7.29. The number of halogens is 1. The number of amides is 3. The number of aryl methyl sites for hydroxylation is 1. The fraction of sp³-hybridized carbons (Fsp3) is 0.421. The van der Waals surface area contributed by atoms with Gasteiger partial charge in [0, 0.05) is 43.0 Å². The van der Waals surface area contributed by atoms with Gasteiger partial charge in [0.05, 0.1) is 25.0 Å². The second-order valence-corrected chi connectivity index (χ2v) is 7.29. The normalized spacial score (nSPS) is 21.8. The summed E-state index contributed by atoms with van der Waals surface area (Å²) in [4.78, 5) is 26.2. The van der Waals surface area contributed by atoms with Crippen molar-refractivity contribution in [3.05, 3.63) is 47.0 Å². The molecule has 148 valence electrons. The second kappa shape index (κ2) is 6.90. The molecule has 3 heterocycles. The molecule has 2 aliphatic rings. The molecule has 1 saturated heterocycles. The van der Waals surface area contributed by atoms with Gasteiger partial charge >= 0.3 is 6.03 Å². The lowest BCUT2D eigenvalue weighted by molar-refractivity contribution is -0.0895. The first-order valence-electron chi connectivity index (χ1n) is 9.16. The highest BCUT2D eigenvalue weighted by Crippen LogP contribution is 2.30. The predicted molar refractivity (Wildman–Crippen MR) is 99.5 cm³/mol. The van der Waals surface area contributed by atoms with E-state index in [-0.39, 0.29) is 11.6 Å². The number of nitrogens with one attached hydrogen (secondary N) is 2. The van der Waals surface area contributed by atoms with Crippen LogP contribution < -0.4 is 10.6 Å². The maximum atomic E-state index is 14.8. The third-order valence-electron chi connectivity index (χ3n) is 5.27. The van der Waals surface area contributed by atoms with Crippen molar-refractivity contribution in [1.29, 1.82) is 0 Å². The number of urea groups is 1. The maximum absolute atomic E-state index is 14.8.